The Labute approximate surface area is 190 Å². The summed E-state index contributed by atoms with van der Waals surface area (Å²) in [5, 5.41) is 6.33. The maximum absolute atomic E-state index is 12.3. The Kier molecular flexibility index (Phi) is 7.76. The van der Waals surface area contributed by atoms with E-state index in [4.69, 9.17) is 27.9 Å². The van der Waals surface area contributed by atoms with Gasteiger partial charge in [0.1, 0.15) is 5.75 Å². The predicted octanol–water partition coefficient (Wildman–Crippen LogP) is 3.89. The summed E-state index contributed by atoms with van der Waals surface area (Å²) >= 11 is 11.8. The Balaban J connectivity index is 1.52. The number of hydrogen-bond acceptors (Lipinski definition) is 4. The fourth-order valence-electron chi connectivity index (χ4n) is 3.22. The molecule has 2 aromatic carbocycles. The van der Waals surface area contributed by atoms with E-state index in [2.05, 4.69) is 10.6 Å². The summed E-state index contributed by atoms with van der Waals surface area (Å²) in [5.41, 5.74) is 1.16. The van der Waals surface area contributed by atoms with Gasteiger partial charge in [0.2, 0.25) is 11.8 Å². The first-order valence-corrected chi connectivity index (χ1v) is 10.7. The number of hydrogen-bond donors (Lipinski definition) is 2. The van der Waals surface area contributed by atoms with Crippen LogP contribution in [0.25, 0.3) is 0 Å². The average molecular weight is 464 g/mol. The molecule has 0 unspecified atom stereocenters. The normalized spacial score (nSPS) is 15.6. The number of carbonyl (C=O) groups excluding carboxylic acids is 3. The molecule has 2 aromatic rings. The highest BCUT2D eigenvalue weighted by Gasteiger charge is 2.34. The van der Waals surface area contributed by atoms with Gasteiger partial charge in [-0.3, -0.25) is 14.4 Å². The molecular weight excluding hydrogens is 441 g/mol. The van der Waals surface area contributed by atoms with Crippen molar-refractivity contribution in [3.63, 3.8) is 0 Å². The Bertz CT molecular complexity index is 945. The van der Waals surface area contributed by atoms with Crippen molar-refractivity contribution >= 4 is 52.3 Å². The van der Waals surface area contributed by atoms with E-state index in [0.717, 1.165) is 6.42 Å². The zero-order valence-corrected chi connectivity index (χ0v) is 18.5. The van der Waals surface area contributed by atoms with Gasteiger partial charge in [0.05, 0.1) is 5.92 Å². The molecule has 1 fully saturated rings. The van der Waals surface area contributed by atoms with Gasteiger partial charge >= 0.3 is 0 Å². The largest absolute Gasteiger partial charge is 0.484 e. The Morgan fingerprint density at radius 3 is 2.45 bits per heavy atom. The van der Waals surface area contributed by atoms with Crippen LogP contribution in [0.1, 0.15) is 19.8 Å². The number of anilines is 2. The third-order valence-electron chi connectivity index (χ3n) is 4.71. The van der Waals surface area contributed by atoms with Crippen LogP contribution in [0.5, 0.6) is 5.75 Å². The highest BCUT2D eigenvalue weighted by atomic mass is 35.5. The highest BCUT2D eigenvalue weighted by Crippen LogP contribution is 2.27. The number of carbonyl (C=O) groups is 3. The van der Waals surface area contributed by atoms with Gasteiger partial charge in [0.15, 0.2) is 6.61 Å². The van der Waals surface area contributed by atoms with E-state index in [9.17, 15) is 14.4 Å². The number of amides is 3. The van der Waals surface area contributed by atoms with Crippen molar-refractivity contribution in [2.24, 2.45) is 5.92 Å². The number of rotatable bonds is 8. The summed E-state index contributed by atoms with van der Waals surface area (Å²) in [7, 11) is 0. The fourth-order valence-corrected chi connectivity index (χ4v) is 3.75. The standard InChI is InChI=1S/C22H23Cl2N3O4/c1-2-7-25-22(30)14-8-21(29)27(12-14)18-3-5-19(6-4-18)31-13-20(28)26-17-10-15(23)9-16(24)11-17/h3-6,9-11,14H,2,7-8,12-13H2,1H3,(H,25,30)(H,26,28)/t14-/m0/s1. The summed E-state index contributed by atoms with van der Waals surface area (Å²) in [6, 6.07) is 11.6. The van der Waals surface area contributed by atoms with Gasteiger partial charge in [-0.15, -0.1) is 0 Å². The first-order chi connectivity index (χ1) is 14.9. The predicted molar refractivity (Wildman–Crippen MR) is 121 cm³/mol. The van der Waals surface area contributed by atoms with Crippen LogP contribution >= 0.6 is 23.2 Å². The summed E-state index contributed by atoms with van der Waals surface area (Å²) in [4.78, 5) is 38.1. The van der Waals surface area contributed by atoms with Crippen molar-refractivity contribution in [1.82, 2.24) is 5.32 Å². The number of nitrogens with zero attached hydrogens (tertiary/aromatic N) is 1. The molecule has 31 heavy (non-hydrogen) atoms. The lowest BCUT2D eigenvalue weighted by atomic mass is 10.1. The molecule has 3 rings (SSSR count). The van der Waals surface area contributed by atoms with Crippen molar-refractivity contribution in [1.29, 1.82) is 0 Å². The number of benzene rings is 2. The fraction of sp³-hybridized carbons (Fsp3) is 0.318. The average Bonchev–Trinajstić information content (AvgIpc) is 3.12. The highest BCUT2D eigenvalue weighted by molar-refractivity contribution is 6.35. The molecule has 0 spiro atoms. The summed E-state index contributed by atoms with van der Waals surface area (Å²) < 4.78 is 5.50. The monoisotopic (exact) mass is 463 g/mol. The third kappa shape index (κ3) is 6.35. The zero-order valence-electron chi connectivity index (χ0n) is 17.0. The van der Waals surface area contributed by atoms with Crippen LogP contribution in [0.15, 0.2) is 42.5 Å². The molecule has 1 atom stereocenters. The molecule has 0 radical (unpaired) electrons. The first-order valence-electron chi connectivity index (χ1n) is 9.92. The number of ether oxygens (including phenoxy) is 1. The van der Waals surface area contributed by atoms with Gasteiger partial charge in [-0.2, -0.15) is 0 Å². The van der Waals surface area contributed by atoms with Crippen molar-refractivity contribution in [2.45, 2.75) is 19.8 Å². The molecule has 1 saturated heterocycles. The van der Waals surface area contributed by atoms with E-state index in [-0.39, 0.29) is 36.7 Å². The van der Waals surface area contributed by atoms with Crippen molar-refractivity contribution < 1.29 is 19.1 Å². The van der Waals surface area contributed by atoms with Crippen LogP contribution < -0.4 is 20.3 Å². The molecule has 9 heteroatoms. The van der Waals surface area contributed by atoms with Crippen molar-refractivity contribution in [3.05, 3.63) is 52.5 Å². The first kappa shape index (κ1) is 22.9. The molecule has 0 bridgehead atoms. The molecule has 1 aliphatic rings. The van der Waals surface area contributed by atoms with E-state index in [0.29, 0.717) is 40.3 Å². The van der Waals surface area contributed by atoms with Gasteiger partial charge < -0.3 is 20.3 Å². The lowest BCUT2D eigenvalue weighted by molar-refractivity contribution is -0.126. The van der Waals surface area contributed by atoms with Gasteiger partial charge in [-0.1, -0.05) is 30.1 Å². The molecule has 1 heterocycles. The molecule has 0 aromatic heterocycles. The van der Waals surface area contributed by atoms with Gasteiger partial charge in [0, 0.05) is 40.9 Å². The molecule has 3 amide bonds. The lowest BCUT2D eigenvalue weighted by Gasteiger charge is -2.17. The van der Waals surface area contributed by atoms with E-state index in [1.54, 1.807) is 47.4 Å². The molecule has 164 valence electrons. The second kappa shape index (κ2) is 10.5. The van der Waals surface area contributed by atoms with E-state index >= 15 is 0 Å². The minimum atomic E-state index is -0.363. The van der Waals surface area contributed by atoms with Gasteiger partial charge in [-0.05, 0) is 48.9 Å². The van der Waals surface area contributed by atoms with Gasteiger partial charge in [0.25, 0.3) is 5.91 Å². The smallest absolute Gasteiger partial charge is 0.262 e. The minimum Gasteiger partial charge on any atom is -0.484 e. The molecule has 0 aliphatic carbocycles. The Morgan fingerprint density at radius 1 is 1.13 bits per heavy atom. The maximum Gasteiger partial charge on any atom is 0.262 e. The van der Waals surface area contributed by atoms with Crippen molar-refractivity contribution in [3.8, 4) is 5.75 Å². The molecule has 2 N–H and O–H groups in total. The minimum absolute atomic E-state index is 0.0927. The molecule has 0 saturated carbocycles. The number of halogens is 2. The summed E-state index contributed by atoms with van der Waals surface area (Å²) in [6.45, 7) is 2.73. The summed E-state index contributed by atoms with van der Waals surface area (Å²) in [5.74, 6) is -0.418. The van der Waals surface area contributed by atoms with E-state index in [1.165, 1.54) is 0 Å². The van der Waals surface area contributed by atoms with E-state index in [1.807, 2.05) is 6.92 Å². The topological polar surface area (TPSA) is 87.7 Å². The Hall–Kier alpha value is -2.77. The quantitative estimate of drug-likeness (QED) is 0.621. The van der Waals surface area contributed by atoms with Crippen LogP contribution in [0, 0.1) is 5.92 Å². The second-order valence-electron chi connectivity index (χ2n) is 7.19. The molecular formula is C22H23Cl2N3O4. The van der Waals surface area contributed by atoms with Crippen LogP contribution in [-0.2, 0) is 14.4 Å². The Morgan fingerprint density at radius 2 is 1.81 bits per heavy atom. The molecule has 7 nitrogen and oxygen atoms in total. The van der Waals surface area contributed by atoms with Crippen LogP contribution in [0.3, 0.4) is 0 Å². The van der Waals surface area contributed by atoms with Crippen LogP contribution in [-0.4, -0.2) is 37.4 Å². The SMILES string of the molecule is CCCNC(=O)[C@H]1CC(=O)N(c2ccc(OCC(=O)Nc3cc(Cl)cc(Cl)c3)cc2)C1. The second-order valence-corrected chi connectivity index (χ2v) is 8.06. The maximum atomic E-state index is 12.3. The van der Waals surface area contributed by atoms with E-state index < -0.39 is 0 Å². The van der Waals surface area contributed by atoms with Gasteiger partial charge in [-0.25, -0.2) is 0 Å². The van der Waals surface area contributed by atoms with Crippen LogP contribution in [0.2, 0.25) is 10.0 Å². The van der Waals surface area contributed by atoms with Crippen molar-refractivity contribution in [2.75, 3.05) is 29.9 Å². The third-order valence-corrected chi connectivity index (χ3v) is 5.15. The molecule has 1 aliphatic heterocycles. The summed E-state index contributed by atoms with van der Waals surface area (Å²) in [6.07, 6.45) is 1.05. The number of nitrogens with one attached hydrogen (secondary N) is 2. The lowest BCUT2D eigenvalue weighted by Crippen LogP contribution is -2.33. The zero-order chi connectivity index (χ0) is 22.4. The van der Waals surface area contributed by atoms with Crippen LogP contribution in [0.4, 0.5) is 11.4 Å².